The highest BCUT2D eigenvalue weighted by Crippen LogP contribution is 2.18. The van der Waals surface area contributed by atoms with E-state index in [2.05, 4.69) is 11.8 Å². The molecule has 0 bridgehead atoms. The number of likely N-dealkylation sites (tertiary alicyclic amines) is 1. The van der Waals surface area contributed by atoms with E-state index in [1.165, 1.54) is 25.9 Å². The zero-order chi connectivity index (χ0) is 9.68. The largest absolute Gasteiger partial charge is 0.388 e. The molecule has 1 atom stereocenters. The van der Waals surface area contributed by atoms with E-state index in [-0.39, 0.29) is 0 Å². The predicted molar refractivity (Wildman–Crippen MR) is 56.0 cm³/mol. The number of hydrogen-bond donors (Lipinski definition) is 2. The molecule has 0 aromatic rings. The van der Waals surface area contributed by atoms with Crippen molar-refractivity contribution in [3.8, 4) is 0 Å². The average molecular weight is 183 g/mol. The third-order valence-corrected chi connectivity index (χ3v) is 2.87. The summed E-state index contributed by atoms with van der Waals surface area (Å²) in [5, 5.41) is 7.10. The van der Waals surface area contributed by atoms with E-state index in [1.54, 1.807) is 0 Å². The van der Waals surface area contributed by atoms with Crippen LogP contribution in [0, 0.1) is 11.3 Å². The Kier molecular flexibility index (Phi) is 4.22. The quantitative estimate of drug-likeness (QED) is 0.500. The lowest BCUT2D eigenvalue weighted by molar-refractivity contribution is 0.320. The van der Waals surface area contributed by atoms with Gasteiger partial charge in [0, 0.05) is 13.0 Å². The van der Waals surface area contributed by atoms with Crippen LogP contribution in [0.1, 0.15) is 32.6 Å². The molecule has 0 radical (unpaired) electrons. The van der Waals surface area contributed by atoms with E-state index in [1.807, 2.05) is 0 Å². The fourth-order valence-electron chi connectivity index (χ4n) is 1.94. The maximum Gasteiger partial charge on any atom is 0.0905 e. The van der Waals surface area contributed by atoms with Crippen LogP contribution in [0.25, 0.3) is 0 Å². The first-order chi connectivity index (χ1) is 6.22. The van der Waals surface area contributed by atoms with Gasteiger partial charge in [-0.1, -0.05) is 13.3 Å². The minimum absolute atomic E-state index is 0.325. The second-order valence-electron chi connectivity index (χ2n) is 3.99. The van der Waals surface area contributed by atoms with Crippen LogP contribution < -0.4 is 5.73 Å². The first-order valence-electron chi connectivity index (χ1n) is 5.27. The van der Waals surface area contributed by atoms with Gasteiger partial charge in [0.1, 0.15) is 0 Å². The number of rotatable bonds is 5. The summed E-state index contributed by atoms with van der Waals surface area (Å²) in [6.45, 7) is 5.89. The molecule has 0 spiro atoms. The molecule has 1 fully saturated rings. The van der Waals surface area contributed by atoms with Crippen molar-refractivity contribution < 1.29 is 0 Å². The Labute approximate surface area is 80.8 Å². The Morgan fingerprint density at radius 1 is 1.62 bits per heavy atom. The van der Waals surface area contributed by atoms with Crippen LogP contribution in [0.5, 0.6) is 0 Å². The van der Waals surface area contributed by atoms with E-state index in [4.69, 9.17) is 11.1 Å². The fourth-order valence-corrected chi connectivity index (χ4v) is 1.94. The third-order valence-electron chi connectivity index (χ3n) is 2.87. The van der Waals surface area contributed by atoms with Crippen LogP contribution in [-0.4, -0.2) is 30.4 Å². The lowest BCUT2D eigenvalue weighted by Crippen LogP contribution is -2.23. The number of amidine groups is 1. The van der Waals surface area contributed by atoms with Crippen molar-refractivity contribution in [1.82, 2.24) is 4.90 Å². The monoisotopic (exact) mass is 183 g/mol. The summed E-state index contributed by atoms with van der Waals surface area (Å²) >= 11 is 0. The molecule has 1 rings (SSSR count). The van der Waals surface area contributed by atoms with E-state index in [0.29, 0.717) is 5.84 Å². The molecule has 1 heterocycles. The Morgan fingerprint density at radius 2 is 2.38 bits per heavy atom. The van der Waals surface area contributed by atoms with Crippen molar-refractivity contribution >= 4 is 5.84 Å². The van der Waals surface area contributed by atoms with Crippen LogP contribution in [0.15, 0.2) is 0 Å². The molecule has 3 nitrogen and oxygen atoms in total. The third kappa shape index (κ3) is 3.77. The first-order valence-corrected chi connectivity index (χ1v) is 5.27. The molecule has 0 amide bonds. The van der Waals surface area contributed by atoms with Crippen LogP contribution in [0.3, 0.4) is 0 Å². The molecule has 0 aromatic carbocycles. The van der Waals surface area contributed by atoms with Crippen molar-refractivity contribution in [2.45, 2.75) is 32.6 Å². The molecule has 13 heavy (non-hydrogen) atoms. The molecule has 0 aliphatic carbocycles. The summed E-state index contributed by atoms with van der Waals surface area (Å²) in [5.41, 5.74) is 5.30. The Bertz CT molecular complexity index is 168. The highest BCUT2D eigenvalue weighted by molar-refractivity contribution is 5.76. The Hall–Kier alpha value is -0.570. The summed E-state index contributed by atoms with van der Waals surface area (Å²) < 4.78 is 0. The number of nitrogens with zero attached hydrogens (tertiary/aromatic N) is 1. The average Bonchev–Trinajstić information content (AvgIpc) is 2.52. The summed E-state index contributed by atoms with van der Waals surface area (Å²) in [7, 11) is 0. The molecule has 3 N–H and O–H groups in total. The molecule has 0 aromatic heterocycles. The van der Waals surface area contributed by atoms with Gasteiger partial charge in [-0.25, -0.2) is 0 Å². The maximum absolute atomic E-state index is 7.10. The zero-order valence-electron chi connectivity index (χ0n) is 8.55. The number of nitrogens with one attached hydrogen (secondary N) is 1. The Balaban J connectivity index is 2.07. The van der Waals surface area contributed by atoms with Crippen LogP contribution in [0.2, 0.25) is 0 Å². The molecule has 1 unspecified atom stereocenters. The molecular weight excluding hydrogens is 162 g/mol. The minimum atomic E-state index is 0.325. The standard InChI is InChI=1S/C10H21N3/c1-2-9-5-7-13(8-9)6-3-4-10(11)12/h9H,2-8H2,1H3,(H3,11,12). The molecule has 3 heteroatoms. The van der Waals surface area contributed by atoms with Crippen molar-refractivity contribution in [2.75, 3.05) is 19.6 Å². The lowest BCUT2D eigenvalue weighted by atomic mass is 10.1. The van der Waals surface area contributed by atoms with Gasteiger partial charge in [0.25, 0.3) is 0 Å². The van der Waals surface area contributed by atoms with Gasteiger partial charge in [0.15, 0.2) is 0 Å². The van der Waals surface area contributed by atoms with Gasteiger partial charge in [0.05, 0.1) is 5.84 Å². The number of nitrogens with two attached hydrogens (primary N) is 1. The van der Waals surface area contributed by atoms with E-state index in [0.717, 1.165) is 25.3 Å². The van der Waals surface area contributed by atoms with Gasteiger partial charge in [-0.2, -0.15) is 0 Å². The van der Waals surface area contributed by atoms with Crippen LogP contribution in [-0.2, 0) is 0 Å². The second-order valence-corrected chi connectivity index (χ2v) is 3.99. The van der Waals surface area contributed by atoms with Gasteiger partial charge in [0.2, 0.25) is 0 Å². The molecular formula is C10H21N3. The predicted octanol–water partition coefficient (Wildman–Crippen LogP) is 1.43. The number of hydrogen-bond acceptors (Lipinski definition) is 2. The Morgan fingerprint density at radius 3 is 2.92 bits per heavy atom. The van der Waals surface area contributed by atoms with Crippen molar-refractivity contribution in [1.29, 1.82) is 5.41 Å². The summed E-state index contributed by atoms with van der Waals surface area (Å²) in [6, 6.07) is 0. The lowest BCUT2D eigenvalue weighted by Gasteiger charge is -2.14. The maximum atomic E-state index is 7.10. The van der Waals surface area contributed by atoms with Gasteiger partial charge in [-0.05, 0) is 31.8 Å². The zero-order valence-corrected chi connectivity index (χ0v) is 8.55. The molecule has 76 valence electrons. The van der Waals surface area contributed by atoms with E-state index < -0.39 is 0 Å². The summed E-state index contributed by atoms with van der Waals surface area (Å²) in [5.74, 6) is 1.24. The highest BCUT2D eigenvalue weighted by Gasteiger charge is 2.19. The van der Waals surface area contributed by atoms with Crippen molar-refractivity contribution in [2.24, 2.45) is 11.7 Å². The normalized spacial score (nSPS) is 23.6. The van der Waals surface area contributed by atoms with Crippen LogP contribution >= 0.6 is 0 Å². The summed E-state index contributed by atoms with van der Waals surface area (Å²) in [6.07, 6.45) is 4.47. The minimum Gasteiger partial charge on any atom is -0.388 e. The van der Waals surface area contributed by atoms with Gasteiger partial charge >= 0.3 is 0 Å². The van der Waals surface area contributed by atoms with Gasteiger partial charge in [-0.15, -0.1) is 0 Å². The molecule has 1 saturated heterocycles. The van der Waals surface area contributed by atoms with Crippen LogP contribution in [0.4, 0.5) is 0 Å². The smallest absolute Gasteiger partial charge is 0.0905 e. The van der Waals surface area contributed by atoms with Crippen molar-refractivity contribution in [3.05, 3.63) is 0 Å². The van der Waals surface area contributed by atoms with Gasteiger partial charge in [-0.3, -0.25) is 5.41 Å². The molecule has 1 aliphatic heterocycles. The highest BCUT2D eigenvalue weighted by atomic mass is 15.1. The molecule has 0 saturated carbocycles. The fraction of sp³-hybridized carbons (Fsp3) is 0.900. The first kappa shape index (κ1) is 10.5. The van der Waals surface area contributed by atoms with E-state index in [9.17, 15) is 0 Å². The van der Waals surface area contributed by atoms with Crippen molar-refractivity contribution in [3.63, 3.8) is 0 Å². The summed E-state index contributed by atoms with van der Waals surface area (Å²) in [4.78, 5) is 2.50. The topological polar surface area (TPSA) is 53.1 Å². The second kappa shape index (κ2) is 5.22. The van der Waals surface area contributed by atoms with E-state index >= 15 is 0 Å². The SMILES string of the molecule is CCC1CCN(CCCC(=N)N)C1. The van der Waals surface area contributed by atoms with Gasteiger partial charge < -0.3 is 10.6 Å². The molecule has 1 aliphatic rings.